The molecule has 2 aromatic heterocycles. The molecule has 0 aliphatic carbocycles. The first-order valence-corrected chi connectivity index (χ1v) is 6.29. The number of carbonyl (C=O) groups excluding carboxylic acids is 1. The van der Waals surface area contributed by atoms with Gasteiger partial charge in [-0.25, -0.2) is 14.8 Å². The topological polar surface area (TPSA) is 106 Å². The number of aryl methyl sites for hydroxylation is 2. The van der Waals surface area contributed by atoms with Gasteiger partial charge in [0.1, 0.15) is 11.6 Å². The van der Waals surface area contributed by atoms with Crippen LogP contribution in [0.1, 0.15) is 23.9 Å². The van der Waals surface area contributed by atoms with Crippen LogP contribution in [0.5, 0.6) is 0 Å². The second-order valence-electron chi connectivity index (χ2n) is 4.23. The molecule has 0 bridgehead atoms. The van der Waals surface area contributed by atoms with E-state index in [0.29, 0.717) is 0 Å². The van der Waals surface area contributed by atoms with Crippen LogP contribution in [0.4, 0.5) is 10.6 Å². The van der Waals surface area contributed by atoms with Crippen LogP contribution in [0, 0.1) is 25.2 Å². The number of rotatable bonds is 3. The first-order valence-electron chi connectivity index (χ1n) is 6.29. The summed E-state index contributed by atoms with van der Waals surface area (Å²) >= 11 is 0. The van der Waals surface area contributed by atoms with Crippen molar-refractivity contribution in [3.05, 3.63) is 29.2 Å². The van der Waals surface area contributed by atoms with E-state index in [1.807, 2.05) is 26.0 Å². The molecule has 0 aliphatic heterocycles. The Kier molecular flexibility index (Phi) is 4.13. The fourth-order valence-electron chi connectivity index (χ4n) is 1.77. The Hall–Kier alpha value is -2.95. The number of anilines is 1. The summed E-state index contributed by atoms with van der Waals surface area (Å²) in [5, 5.41) is 15.6. The lowest BCUT2D eigenvalue weighted by molar-refractivity contribution is 0.167. The monoisotopic (exact) mass is 286 g/mol. The summed E-state index contributed by atoms with van der Waals surface area (Å²) in [7, 11) is 0. The number of amides is 1. The maximum atomic E-state index is 11.6. The third-order valence-corrected chi connectivity index (χ3v) is 2.55. The van der Waals surface area contributed by atoms with Crippen LogP contribution in [0.25, 0.3) is 5.95 Å². The van der Waals surface area contributed by atoms with Crippen molar-refractivity contribution in [3.63, 3.8) is 0 Å². The van der Waals surface area contributed by atoms with Crippen molar-refractivity contribution in [1.82, 2.24) is 19.7 Å². The average Bonchev–Trinajstić information content (AvgIpc) is 2.80. The van der Waals surface area contributed by atoms with E-state index in [1.54, 1.807) is 6.92 Å². The third-order valence-electron chi connectivity index (χ3n) is 2.55. The Morgan fingerprint density at radius 3 is 2.67 bits per heavy atom. The highest BCUT2D eigenvalue weighted by atomic mass is 16.5. The SMILES string of the molecule is CCOC(=O)Nc1c(C#N)cnn1-c1nc(C)cc(C)n1. The second kappa shape index (κ2) is 6.00. The molecule has 1 amide bonds. The Labute approximate surface area is 121 Å². The molecule has 0 fully saturated rings. The van der Waals surface area contributed by atoms with Gasteiger partial charge in [-0.15, -0.1) is 0 Å². The molecule has 8 heteroatoms. The third kappa shape index (κ3) is 3.14. The molecule has 0 spiro atoms. The minimum absolute atomic E-state index is 0.181. The van der Waals surface area contributed by atoms with Crippen molar-refractivity contribution < 1.29 is 9.53 Å². The van der Waals surface area contributed by atoms with Gasteiger partial charge in [-0.05, 0) is 26.8 Å². The predicted molar refractivity (Wildman–Crippen MR) is 74.0 cm³/mol. The van der Waals surface area contributed by atoms with E-state index in [-0.39, 0.29) is 23.9 Å². The van der Waals surface area contributed by atoms with Gasteiger partial charge in [-0.3, -0.25) is 5.32 Å². The summed E-state index contributed by atoms with van der Waals surface area (Å²) in [4.78, 5) is 20.1. The zero-order chi connectivity index (χ0) is 15.4. The lowest BCUT2D eigenvalue weighted by Gasteiger charge is -2.09. The summed E-state index contributed by atoms with van der Waals surface area (Å²) in [6.07, 6.45) is 0.669. The highest BCUT2D eigenvalue weighted by Gasteiger charge is 2.17. The van der Waals surface area contributed by atoms with Gasteiger partial charge in [0.15, 0.2) is 5.82 Å². The number of aromatic nitrogens is 4. The molecule has 2 rings (SSSR count). The Morgan fingerprint density at radius 1 is 1.43 bits per heavy atom. The number of hydrogen-bond acceptors (Lipinski definition) is 6. The molecular weight excluding hydrogens is 272 g/mol. The number of hydrogen-bond donors (Lipinski definition) is 1. The summed E-state index contributed by atoms with van der Waals surface area (Å²) in [5.74, 6) is 0.460. The van der Waals surface area contributed by atoms with Crippen molar-refractivity contribution in [2.24, 2.45) is 0 Å². The van der Waals surface area contributed by atoms with Gasteiger partial charge in [0.25, 0.3) is 5.95 Å². The number of carbonyl (C=O) groups is 1. The molecule has 0 atom stereocenters. The molecule has 108 valence electrons. The molecule has 1 N–H and O–H groups in total. The summed E-state index contributed by atoms with van der Waals surface area (Å²) < 4.78 is 6.11. The first-order chi connectivity index (χ1) is 10.0. The highest BCUT2D eigenvalue weighted by Crippen LogP contribution is 2.18. The minimum Gasteiger partial charge on any atom is -0.450 e. The predicted octanol–water partition coefficient (Wildman–Crippen LogP) is 1.72. The molecule has 2 heterocycles. The number of nitriles is 1. The fourth-order valence-corrected chi connectivity index (χ4v) is 1.77. The van der Waals surface area contributed by atoms with Crippen molar-refractivity contribution in [3.8, 4) is 12.0 Å². The van der Waals surface area contributed by atoms with Gasteiger partial charge in [-0.1, -0.05) is 0 Å². The summed E-state index contributed by atoms with van der Waals surface area (Å²) in [6, 6.07) is 3.77. The van der Waals surface area contributed by atoms with E-state index in [4.69, 9.17) is 10.00 Å². The maximum absolute atomic E-state index is 11.6. The summed E-state index contributed by atoms with van der Waals surface area (Å²) in [5.41, 5.74) is 1.72. The van der Waals surface area contributed by atoms with E-state index in [9.17, 15) is 4.79 Å². The van der Waals surface area contributed by atoms with Crippen LogP contribution in [0.15, 0.2) is 12.3 Å². The highest BCUT2D eigenvalue weighted by molar-refractivity contribution is 5.85. The molecule has 8 nitrogen and oxygen atoms in total. The standard InChI is InChI=1S/C13H14N6O2/c1-4-21-13(20)18-11-10(6-14)7-15-19(11)12-16-8(2)5-9(3)17-12/h5,7H,4H2,1-3H3,(H,18,20). The molecule has 0 saturated heterocycles. The molecule has 0 unspecified atom stereocenters. The van der Waals surface area contributed by atoms with Crippen molar-refractivity contribution >= 4 is 11.9 Å². The molecular formula is C13H14N6O2. The Bertz CT molecular complexity index is 696. The smallest absolute Gasteiger partial charge is 0.412 e. The first kappa shape index (κ1) is 14.5. The number of nitrogens with zero attached hydrogens (tertiary/aromatic N) is 5. The van der Waals surface area contributed by atoms with Crippen LogP contribution in [0.2, 0.25) is 0 Å². The van der Waals surface area contributed by atoms with Crippen LogP contribution < -0.4 is 5.32 Å². The lowest BCUT2D eigenvalue weighted by atomic mass is 10.3. The fraction of sp³-hybridized carbons (Fsp3) is 0.308. The van der Waals surface area contributed by atoms with Crippen molar-refractivity contribution in [2.45, 2.75) is 20.8 Å². The Balaban J connectivity index is 2.47. The van der Waals surface area contributed by atoms with E-state index in [0.717, 1.165) is 11.4 Å². The van der Waals surface area contributed by atoms with Gasteiger partial charge in [-0.2, -0.15) is 15.0 Å². The van der Waals surface area contributed by atoms with Gasteiger partial charge < -0.3 is 4.74 Å². The quantitative estimate of drug-likeness (QED) is 0.920. The molecule has 0 radical (unpaired) electrons. The normalized spacial score (nSPS) is 10.0. The molecule has 0 aliphatic rings. The van der Waals surface area contributed by atoms with E-state index >= 15 is 0 Å². The lowest BCUT2D eigenvalue weighted by Crippen LogP contribution is -2.18. The minimum atomic E-state index is -0.667. The molecule has 0 saturated carbocycles. The second-order valence-corrected chi connectivity index (χ2v) is 4.23. The van der Waals surface area contributed by atoms with Crippen molar-refractivity contribution in [1.29, 1.82) is 5.26 Å². The van der Waals surface area contributed by atoms with Gasteiger partial charge in [0, 0.05) is 11.4 Å². The molecule has 0 aromatic carbocycles. The van der Waals surface area contributed by atoms with Gasteiger partial charge in [0.05, 0.1) is 12.8 Å². The zero-order valence-electron chi connectivity index (χ0n) is 11.9. The van der Waals surface area contributed by atoms with E-state index < -0.39 is 6.09 Å². The molecule has 21 heavy (non-hydrogen) atoms. The zero-order valence-corrected chi connectivity index (χ0v) is 11.9. The average molecular weight is 286 g/mol. The van der Waals surface area contributed by atoms with Crippen LogP contribution in [-0.4, -0.2) is 32.4 Å². The number of ether oxygens (including phenoxy) is 1. The van der Waals surface area contributed by atoms with E-state index in [1.165, 1.54) is 10.9 Å². The van der Waals surface area contributed by atoms with Gasteiger partial charge in [0.2, 0.25) is 0 Å². The van der Waals surface area contributed by atoms with E-state index in [2.05, 4.69) is 20.4 Å². The largest absolute Gasteiger partial charge is 0.450 e. The molecule has 2 aromatic rings. The summed E-state index contributed by atoms with van der Waals surface area (Å²) in [6.45, 7) is 5.56. The van der Waals surface area contributed by atoms with Crippen molar-refractivity contribution in [2.75, 3.05) is 11.9 Å². The van der Waals surface area contributed by atoms with Crippen LogP contribution in [0.3, 0.4) is 0 Å². The number of nitrogens with one attached hydrogen (secondary N) is 1. The van der Waals surface area contributed by atoms with Gasteiger partial charge >= 0.3 is 6.09 Å². The van der Waals surface area contributed by atoms with Crippen LogP contribution in [-0.2, 0) is 4.74 Å². The van der Waals surface area contributed by atoms with Crippen LogP contribution >= 0.6 is 0 Å². The Morgan fingerprint density at radius 2 is 2.10 bits per heavy atom. The maximum Gasteiger partial charge on any atom is 0.412 e.